The molecule has 25 heavy (non-hydrogen) atoms. The number of nitrogens with two attached hydrogens (primary N) is 1. The minimum absolute atomic E-state index is 0.565. The Kier molecular flexibility index (Phi) is 5.64. The van der Waals surface area contributed by atoms with Crippen LogP contribution < -0.4 is 10.5 Å². The molecule has 0 aliphatic rings. The van der Waals surface area contributed by atoms with Crippen LogP contribution in [-0.4, -0.2) is 13.0 Å². The molecule has 0 radical (unpaired) electrons. The van der Waals surface area contributed by atoms with Crippen LogP contribution in [0.25, 0.3) is 5.57 Å². The molecule has 0 fully saturated rings. The first-order chi connectivity index (χ1) is 11.8. The van der Waals surface area contributed by atoms with Crippen molar-refractivity contribution in [2.45, 2.75) is 6.18 Å². The highest BCUT2D eigenvalue weighted by Crippen LogP contribution is 2.32. The summed E-state index contributed by atoms with van der Waals surface area (Å²) in [5, 5.41) is 0. The van der Waals surface area contributed by atoms with Crippen LogP contribution in [0.2, 0.25) is 0 Å². The predicted octanol–water partition coefficient (Wildman–Crippen LogP) is 4.19. The maximum absolute atomic E-state index is 12.7. The largest absolute Gasteiger partial charge is 0.497 e. The highest BCUT2D eigenvalue weighted by molar-refractivity contribution is 5.87. The first-order valence-corrected chi connectivity index (χ1v) is 7.31. The summed E-state index contributed by atoms with van der Waals surface area (Å²) in [6.45, 7) is 0. The summed E-state index contributed by atoms with van der Waals surface area (Å²) in [7, 11) is 1.52. The molecule has 1 amide bonds. The third kappa shape index (κ3) is 4.97. The van der Waals surface area contributed by atoms with Crippen LogP contribution in [-0.2, 0) is 11.0 Å². The van der Waals surface area contributed by atoms with Gasteiger partial charge in [-0.25, -0.2) is 0 Å². The number of amides is 1. The van der Waals surface area contributed by atoms with Gasteiger partial charge in [0.1, 0.15) is 5.75 Å². The highest BCUT2D eigenvalue weighted by Gasteiger charge is 2.30. The summed E-state index contributed by atoms with van der Waals surface area (Å²) < 4.78 is 43.4. The van der Waals surface area contributed by atoms with E-state index in [1.54, 1.807) is 30.3 Å². The van der Waals surface area contributed by atoms with Gasteiger partial charge in [0, 0.05) is 6.08 Å². The summed E-state index contributed by atoms with van der Waals surface area (Å²) >= 11 is 0. The quantitative estimate of drug-likeness (QED) is 0.651. The maximum atomic E-state index is 12.7. The number of rotatable bonds is 5. The number of halogens is 3. The van der Waals surface area contributed by atoms with Gasteiger partial charge >= 0.3 is 6.18 Å². The Morgan fingerprint density at radius 1 is 1.08 bits per heavy atom. The van der Waals surface area contributed by atoms with Crippen LogP contribution in [0, 0.1) is 0 Å². The fraction of sp³-hybridized carbons (Fsp3) is 0.105. The van der Waals surface area contributed by atoms with Crippen LogP contribution in [0.1, 0.15) is 16.7 Å². The first-order valence-electron chi connectivity index (χ1n) is 7.31. The molecular formula is C19H16F3NO2. The van der Waals surface area contributed by atoms with Crippen molar-refractivity contribution in [1.29, 1.82) is 0 Å². The van der Waals surface area contributed by atoms with E-state index in [1.165, 1.54) is 31.4 Å². The van der Waals surface area contributed by atoms with Gasteiger partial charge in [-0.05, 0) is 41.0 Å². The van der Waals surface area contributed by atoms with E-state index in [1.807, 2.05) is 0 Å². The predicted molar refractivity (Wildman–Crippen MR) is 89.9 cm³/mol. The first kappa shape index (κ1) is 18.3. The van der Waals surface area contributed by atoms with E-state index in [0.717, 1.165) is 17.7 Å². The zero-order chi connectivity index (χ0) is 18.4. The van der Waals surface area contributed by atoms with Crippen molar-refractivity contribution in [3.05, 3.63) is 83.4 Å². The molecule has 2 N–H and O–H groups in total. The van der Waals surface area contributed by atoms with Crippen molar-refractivity contribution in [2.24, 2.45) is 5.73 Å². The molecule has 2 aromatic rings. The Labute approximate surface area is 143 Å². The summed E-state index contributed by atoms with van der Waals surface area (Å²) in [5.74, 6) is -0.0112. The van der Waals surface area contributed by atoms with E-state index in [2.05, 4.69) is 0 Å². The number of ether oxygens (including phenoxy) is 1. The number of allylic oxidation sites excluding steroid dienone is 2. The van der Waals surface area contributed by atoms with Gasteiger partial charge in [0.15, 0.2) is 0 Å². The van der Waals surface area contributed by atoms with Crippen LogP contribution in [0.3, 0.4) is 0 Å². The summed E-state index contributed by atoms with van der Waals surface area (Å²) in [6.07, 6.45) is -0.161. The van der Waals surface area contributed by atoms with E-state index in [4.69, 9.17) is 10.5 Å². The second-order valence-electron chi connectivity index (χ2n) is 5.15. The standard InChI is InChI=1S/C19H16F3NO2/c1-25-16-5-2-4-14(12-16)17(6-3-7-18(23)24)13-8-10-15(11-9-13)19(20,21)22/h2-12H,1H3,(H2,23,24). The fourth-order valence-electron chi connectivity index (χ4n) is 2.23. The molecule has 0 saturated heterocycles. The van der Waals surface area contributed by atoms with E-state index < -0.39 is 17.6 Å². The average Bonchev–Trinajstić information content (AvgIpc) is 2.58. The number of benzene rings is 2. The molecule has 0 bridgehead atoms. The van der Waals surface area contributed by atoms with Gasteiger partial charge in [0.05, 0.1) is 12.7 Å². The molecule has 0 heterocycles. The molecule has 0 aromatic heterocycles. The van der Waals surface area contributed by atoms with Crippen molar-refractivity contribution >= 4 is 11.5 Å². The van der Waals surface area contributed by atoms with Gasteiger partial charge in [-0.2, -0.15) is 13.2 Å². The van der Waals surface area contributed by atoms with Gasteiger partial charge < -0.3 is 10.5 Å². The third-order valence-corrected chi connectivity index (χ3v) is 3.43. The van der Waals surface area contributed by atoms with E-state index >= 15 is 0 Å². The minimum Gasteiger partial charge on any atom is -0.497 e. The molecule has 6 heteroatoms. The Morgan fingerprint density at radius 2 is 1.76 bits per heavy atom. The average molecular weight is 347 g/mol. The van der Waals surface area contributed by atoms with Crippen LogP contribution in [0.15, 0.2) is 66.8 Å². The fourth-order valence-corrected chi connectivity index (χ4v) is 2.23. The lowest BCUT2D eigenvalue weighted by Crippen LogP contribution is -2.05. The highest BCUT2D eigenvalue weighted by atomic mass is 19.4. The second kappa shape index (κ2) is 7.70. The minimum atomic E-state index is -4.40. The molecule has 130 valence electrons. The van der Waals surface area contributed by atoms with E-state index in [0.29, 0.717) is 16.9 Å². The Bertz CT molecular complexity index is 806. The molecule has 0 unspecified atom stereocenters. The normalized spacial score (nSPS) is 12.4. The number of hydrogen-bond acceptors (Lipinski definition) is 2. The molecule has 0 aliphatic carbocycles. The Hall–Kier alpha value is -3.02. The van der Waals surface area contributed by atoms with Gasteiger partial charge in [0.2, 0.25) is 5.91 Å². The molecule has 2 rings (SSSR count). The summed E-state index contributed by atoms with van der Waals surface area (Å²) in [5.41, 5.74) is 6.27. The SMILES string of the molecule is COc1cccc(C(=CC=CC(N)=O)c2ccc(C(F)(F)F)cc2)c1. The van der Waals surface area contributed by atoms with Crippen molar-refractivity contribution in [3.8, 4) is 5.75 Å². The lowest BCUT2D eigenvalue weighted by Gasteiger charge is -2.11. The van der Waals surface area contributed by atoms with Gasteiger partial charge in [-0.3, -0.25) is 4.79 Å². The van der Waals surface area contributed by atoms with Gasteiger partial charge in [-0.1, -0.05) is 36.4 Å². The van der Waals surface area contributed by atoms with E-state index in [9.17, 15) is 18.0 Å². The zero-order valence-electron chi connectivity index (χ0n) is 13.4. The zero-order valence-corrected chi connectivity index (χ0v) is 13.4. The number of methoxy groups -OCH3 is 1. The number of carbonyl (C=O) groups excluding carboxylic acids is 1. The molecular weight excluding hydrogens is 331 g/mol. The van der Waals surface area contributed by atoms with E-state index in [-0.39, 0.29) is 0 Å². The molecule has 0 saturated carbocycles. The van der Waals surface area contributed by atoms with Crippen molar-refractivity contribution in [1.82, 2.24) is 0 Å². The molecule has 2 aromatic carbocycles. The van der Waals surface area contributed by atoms with Crippen molar-refractivity contribution < 1.29 is 22.7 Å². The molecule has 3 nitrogen and oxygen atoms in total. The van der Waals surface area contributed by atoms with Gasteiger partial charge in [0.25, 0.3) is 0 Å². The van der Waals surface area contributed by atoms with Crippen LogP contribution in [0.5, 0.6) is 5.75 Å². The van der Waals surface area contributed by atoms with Crippen molar-refractivity contribution in [2.75, 3.05) is 7.11 Å². The smallest absolute Gasteiger partial charge is 0.416 e. The Balaban J connectivity index is 2.49. The summed E-state index contributed by atoms with van der Waals surface area (Å²) in [6, 6.07) is 11.9. The van der Waals surface area contributed by atoms with Crippen LogP contribution in [0.4, 0.5) is 13.2 Å². The number of primary amides is 1. The molecule has 0 aliphatic heterocycles. The number of carbonyl (C=O) groups is 1. The second-order valence-corrected chi connectivity index (χ2v) is 5.15. The maximum Gasteiger partial charge on any atom is 0.416 e. The topological polar surface area (TPSA) is 52.3 Å². The summed E-state index contributed by atoms with van der Waals surface area (Å²) in [4.78, 5) is 10.9. The third-order valence-electron chi connectivity index (χ3n) is 3.43. The monoisotopic (exact) mass is 347 g/mol. The Morgan fingerprint density at radius 3 is 2.32 bits per heavy atom. The number of hydrogen-bond donors (Lipinski definition) is 1. The van der Waals surface area contributed by atoms with Crippen LogP contribution >= 0.6 is 0 Å². The number of alkyl halides is 3. The lowest BCUT2D eigenvalue weighted by atomic mass is 9.96. The molecule has 0 atom stereocenters. The van der Waals surface area contributed by atoms with Crippen molar-refractivity contribution in [3.63, 3.8) is 0 Å². The molecule has 0 spiro atoms. The lowest BCUT2D eigenvalue weighted by molar-refractivity contribution is -0.137. The van der Waals surface area contributed by atoms with Gasteiger partial charge in [-0.15, -0.1) is 0 Å².